The largest absolute Gasteiger partial charge is 0.462 e. The normalized spacial score (nSPS) is 12.6. The summed E-state index contributed by atoms with van der Waals surface area (Å²) in [6.45, 7) is 4.08. The molecule has 0 aliphatic heterocycles. The smallest absolute Gasteiger partial charge is 0.306 e. The van der Waals surface area contributed by atoms with Crippen LogP contribution in [0, 0.1) is 0 Å². The zero-order chi connectivity index (χ0) is 36.4. The van der Waals surface area contributed by atoms with Gasteiger partial charge in [-0.2, -0.15) is 0 Å². The van der Waals surface area contributed by atoms with Crippen molar-refractivity contribution in [2.75, 3.05) is 13.2 Å². The fourth-order valence-corrected chi connectivity index (χ4v) is 5.85. The van der Waals surface area contributed by atoms with Crippen LogP contribution in [-0.2, 0) is 19.1 Å². The fraction of sp³-hybridized carbons (Fsp3) is 0.778. The Labute approximate surface area is 309 Å². The van der Waals surface area contributed by atoms with E-state index in [1.54, 1.807) is 0 Å². The molecule has 5 heteroatoms. The van der Waals surface area contributed by atoms with Gasteiger partial charge in [-0.1, -0.05) is 165 Å². The maximum atomic E-state index is 12.2. The third-order valence-corrected chi connectivity index (χ3v) is 9.10. The summed E-state index contributed by atoms with van der Waals surface area (Å²) in [5.41, 5.74) is 0. The molecule has 0 amide bonds. The molecule has 0 aliphatic rings. The molecule has 0 aromatic heterocycles. The number of carbonyl (C=O) groups is 2. The van der Waals surface area contributed by atoms with Crippen molar-refractivity contribution in [3.05, 3.63) is 48.6 Å². The number of esters is 2. The lowest BCUT2D eigenvalue weighted by Crippen LogP contribution is -2.28. The van der Waals surface area contributed by atoms with Crippen molar-refractivity contribution in [3.63, 3.8) is 0 Å². The van der Waals surface area contributed by atoms with E-state index in [-0.39, 0.29) is 25.2 Å². The number of aliphatic hydroxyl groups excluding tert-OH is 1. The molecule has 0 spiro atoms. The molecule has 1 unspecified atom stereocenters. The van der Waals surface area contributed by atoms with Gasteiger partial charge in [-0.05, 0) is 77.0 Å². The Morgan fingerprint density at radius 2 is 0.800 bits per heavy atom. The van der Waals surface area contributed by atoms with Crippen LogP contribution in [-0.4, -0.2) is 36.4 Å². The van der Waals surface area contributed by atoms with E-state index in [9.17, 15) is 14.7 Å². The highest BCUT2D eigenvalue weighted by atomic mass is 16.6. The summed E-state index contributed by atoms with van der Waals surface area (Å²) in [5, 5.41) is 9.57. The van der Waals surface area contributed by atoms with E-state index in [1.807, 2.05) is 0 Å². The molecule has 0 saturated carbocycles. The first-order chi connectivity index (χ1) is 24.6. The molecule has 0 fully saturated rings. The van der Waals surface area contributed by atoms with Crippen LogP contribution in [0.3, 0.4) is 0 Å². The Bertz CT molecular complexity index is 842. The van der Waals surface area contributed by atoms with Gasteiger partial charge < -0.3 is 14.6 Å². The maximum Gasteiger partial charge on any atom is 0.306 e. The van der Waals surface area contributed by atoms with Crippen LogP contribution in [0.25, 0.3) is 0 Å². The maximum absolute atomic E-state index is 12.2. The summed E-state index contributed by atoms with van der Waals surface area (Å²) < 4.78 is 10.6. The molecule has 1 atom stereocenters. The zero-order valence-corrected chi connectivity index (χ0v) is 32.9. The lowest BCUT2D eigenvalue weighted by molar-refractivity contribution is -0.161. The zero-order valence-electron chi connectivity index (χ0n) is 32.9. The quantitative estimate of drug-likeness (QED) is 0.0394. The number of allylic oxidation sites excluding steroid dienone is 8. The summed E-state index contributed by atoms with van der Waals surface area (Å²) in [4.78, 5) is 24.3. The summed E-state index contributed by atoms with van der Waals surface area (Å²) in [6, 6.07) is 0. The predicted octanol–water partition coefficient (Wildman–Crippen LogP) is 13.4. The van der Waals surface area contributed by atoms with Gasteiger partial charge in [-0.25, -0.2) is 0 Å². The topological polar surface area (TPSA) is 72.8 Å². The molecule has 1 N–H and O–H groups in total. The van der Waals surface area contributed by atoms with Crippen molar-refractivity contribution < 1.29 is 24.2 Å². The molecule has 290 valence electrons. The highest BCUT2D eigenvalue weighted by molar-refractivity contribution is 5.70. The number of carbonyl (C=O) groups excluding carboxylic acids is 2. The summed E-state index contributed by atoms with van der Waals surface area (Å²) >= 11 is 0. The van der Waals surface area contributed by atoms with E-state index >= 15 is 0 Å². The van der Waals surface area contributed by atoms with Gasteiger partial charge in [0.1, 0.15) is 6.61 Å². The average molecular weight is 701 g/mol. The molecular weight excluding hydrogens is 620 g/mol. The van der Waals surface area contributed by atoms with E-state index in [4.69, 9.17) is 9.47 Å². The third kappa shape index (κ3) is 38.7. The average Bonchev–Trinajstić information content (AvgIpc) is 3.12. The molecule has 0 radical (unpaired) electrons. The van der Waals surface area contributed by atoms with Gasteiger partial charge in [-0.15, -0.1) is 0 Å². The highest BCUT2D eigenvalue weighted by Gasteiger charge is 2.16. The second-order valence-corrected chi connectivity index (χ2v) is 14.1. The van der Waals surface area contributed by atoms with E-state index in [0.717, 1.165) is 57.8 Å². The predicted molar refractivity (Wildman–Crippen MR) is 214 cm³/mol. The van der Waals surface area contributed by atoms with Crippen molar-refractivity contribution >= 4 is 11.9 Å². The Morgan fingerprint density at radius 1 is 0.460 bits per heavy atom. The molecule has 50 heavy (non-hydrogen) atoms. The Kier molecular flexibility index (Phi) is 39.5. The second kappa shape index (κ2) is 41.3. The van der Waals surface area contributed by atoms with Gasteiger partial charge in [0.15, 0.2) is 6.10 Å². The van der Waals surface area contributed by atoms with Gasteiger partial charge in [0.05, 0.1) is 6.61 Å². The van der Waals surface area contributed by atoms with Crippen LogP contribution in [0.15, 0.2) is 48.6 Å². The standard InChI is InChI=1S/C45H80O5/c1-3-5-7-9-11-13-15-17-19-21-22-24-25-27-29-31-33-35-37-39-44(47)49-42-43(41-46)50-45(48)40-38-36-34-32-30-28-26-23-20-18-16-14-12-10-8-6-4-2/h11-14,17-20,43,46H,3-10,15-16,21-42H2,1-2H3. The molecule has 0 aromatic rings. The van der Waals surface area contributed by atoms with Crippen LogP contribution < -0.4 is 0 Å². The molecular formula is C45H80O5. The molecule has 0 bridgehead atoms. The minimum atomic E-state index is -0.777. The van der Waals surface area contributed by atoms with Crippen LogP contribution >= 0.6 is 0 Å². The summed E-state index contributed by atoms with van der Waals surface area (Å²) in [7, 11) is 0. The molecule has 0 saturated heterocycles. The van der Waals surface area contributed by atoms with Crippen LogP contribution in [0.2, 0.25) is 0 Å². The van der Waals surface area contributed by atoms with Crippen LogP contribution in [0.4, 0.5) is 0 Å². The minimum Gasteiger partial charge on any atom is -0.462 e. The first kappa shape index (κ1) is 47.9. The van der Waals surface area contributed by atoms with Crippen molar-refractivity contribution in [1.29, 1.82) is 0 Å². The Balaban J connectivity index is 3.56. The molecule has 0 aromatic carbocycles. The first-order valence-corrected chi connectivity index (χ1v) is 21.2. The third-order valence-electron chi connectivity index (χ3n) is 9.10. The van der Waals surface area contributed by atoms with Crippen molar-refractivity contribution in [2.24, 2.45) is 0 Å². The number of hydrogen-bond donors (Lipinski definition) is 1. The van der Waals surface area contributed by atoms with Gasteiger partial charge >= 0.3 is 11.9 Å². The fourth-order valence-electron chi connectivity index (χ4n) is 5.85. The Morgan fingerprint density at radius 3 is 1.18 bits per heavy atom. The number of unbranched alkanes of at least 4 members (excludes halogenated alkanes) is 22. The van der Waals surface area contributed by atoms with Crippen LogP contribution in [0.5, 0.6) is 0 Å². The van der Waals surface area contributed by atoms with Gasteiger partial charge in [0, 0.05) is 12.8 Å². The number of rotatable bonds is 38. The minimum absolute atomic E-state index is 0.0715. The lowest BCUT2D eigenvalue weighted by atomic mass is 10.1. The molecule has 0 heterocycles. The monoisotopic (exact) mass is 701 g/mol. The first-order valence-electron chi connectivity index (χ1n) is 21.2. The van der Waals surface area contributed by atoms with Crippen molar-refractivity contribution in [1.82, 2.24) is 0 Å². The highest BCUT2D eigenvalue weighted by Crippen LogP contribution is 2.13. The van der Waals surface area contributed by atoms with Gasteiger partial charge in [0.25, 0.3) is 0 Å². The van der Waals surface area contributed by atoms with E-state index in [1.165, 1.54) is 122 Å². The Hall–Kier alpha value is -2.14. The molecule has 0 rings (SSSR count). The summed E-state index contributed by atoms with van der Waals surface area (Å²) in [6.07, 6.45) is 51.7. The number of hydrogen-bond acceptors (Lipinski definition) is 5. The molecule has 5 nitrogen and oxygen atoms in total. The van der Waals surface area contributed by atoms with Crippen molar-refractivity contribution in [3.8, 4) is 0 Å². The van der Waals surface area contributed by atoms with Gasteiger partial charge in [0.2, 0.25) is 0 Å². The SMILES string of the molecule is CCCCCC=CCC=CCCCCCCCCCCCC(=O)OCC(CO)OC(=O)CCCCCCCCCC=CCC=CCCCCC. The van der Waals surface area contributed by atoms with E-state index in [2.05, 4.69) is 62.5 Å². The van der Waals surface area contributed by atoms with Gasteiger partial charge in [-0.3, -0.25) is 9.59 Å². The van der Waals surface area contributed by atoms with E-state index in [0.29, 0.717) is 12.8 Å². The lowest BCUT2D eigenvalue weighted by Gasteiger charge is -2.15. The molecule has 0 aliphatic carbocycles. The van der Waals surface area contributed by atoms with E-state index < -0.39 is 6.10 Å². The number of aliphatic hydroxyl groups is 1. The number of ether oxygens (including phenoxy) is 2. The summed E-state index contributed by atoms with van der Waals surface area (Å²) in [5.74, 6) is -0.603. The van der Waals surface area contributed by atoms with Crippen LogP contribution in [0.1, 0.15) is 206 Å². The second-order valence-electron chi connectivity index (χ2n) is 14.1. The van der Waals surface area contributed by atoms with Crippen molar-refractivity contribution in [2.45, 2.75) is 213 Å².